The van der Waals surface area contributed by atoms with Crippen molar-refractivity contribution in [2.45, 2.75) is 39.3 Å². The number of pyridine rings is 1. The zero-order valence-electron chi connectivity index (χ0n) is 19.6. The van der Waals surface area contributed by atoms with Crippen molar-refractivity contribution in [1.82, 2.24) is 34.7 Å². The number of hydrogen-bond acceptors (Lipinski definition) is 5. The first-order chi connectivity index (χ1) is 17.2. The van der Waals surface area contributed by atoms with Gasteiger partial charge in [0.2, 0.25) is 0 Å². The minimum absolute atomic E-state index is 0.0244. The number of tetrazole rings is 1. The highest BCUT2D eigenvalue weighted by Crippen LogP contribution is 2.28. The summed E-state index contributed by atoms with van der Waals surface area (Å²) in [6, 6.07) is 22.2. The van der Waals surface area contributed by atoms with Gasteiger partial charge in [0.15, 0.2) is 5.82 Å². The third-order valence-corrected chi connectivity index (χ3v) is 6.09. The monoisotopic (exact) mass is 465 g/mol. The van der Waals surface area contributed by atoms with Gasteiger partial charge in [0, 0.05) is 23.7 Å². The maximum Gasteiger partial charge on any atom is 0.328 e. The first-order valence-electron chi connectivity index (χ1n) is 11.8. The summed E-state index contributed by atoms with van der Waals surface area (Å²) in [5, 5.41) is 14.1. The Bertz CT molecular complexity index is 1440. The molecule has 0 aliphatic carbocycles. The number of aryl methyl sites for hydroxylation is 1. The molecule has 2 aromatic carbocycles. The van der Waals surface area contributed by atoms with Crippen molar-refractivity contribution in [2.75, 3.05) is 0 Å². The third-order valence-electron chi connectivity index (χ3n) is 6.09. The second-order valence-corrected chi connectivity index (χ2v) is 8.55. The van der Waals surface area contributed by atoms with Crippen LogP contribution in [0.15, 0.2) is 83.9 Å². The Hall–Kier alpha value is -4.33. The van der Waals surface area contributed by atoms with E-state index in [1.807, 2.05) is 45.7 Å². The molecule has 176 valence electrons. The Morgan fingerprint density at radius 2 is 1.71 bits per heavy atom. The topological polar surface area (TPSA) is 94.3 Å². The van der Waals surface area contributed by atoms with E-state index in [9.17, 15) is 4.79 Å². The van der Waals surface area contributed by atoms with E-state index in [-0.39, 0.29) is 5.69 Å². The van der Waals surface area contributed by atoms with Gasteiger partial charge in [0.1, 0.15) is 5.69 Å². The van der Waals surface area contributed by atoms with Crippen molar-refractivity contribution < 1.29 is 0 Å². The van der Waals surface area contributed by atoms with Gasteiger partial charge in [0.05, 0.1) is 13.1 Å². The van der Waals surface area contributed by atoms with Gasteiger partial charge in [-0.3, -0.25) is 14.1 Å². The Morgan fingerprint density at radius 1 is 0.914 bits per heavy atom. The second-order valence-electron chi connectivity index (χ2n) is 8.55. The molecule has 0 saturated carbocycles. The van der Waals surface area contributed by atoms with Crippen LogP contribution in [0.4, 0.5) is 0 Å². The standard InChI is InChI=1S/C27H27N7O/c1-2-3-10-23-19-33(17-20-8-5-4-6-9-20)27(35)34(23)18-21-12-14-22(15-13-21)24-11-7-16-28-25(24)26-29-31-32-30-26/h4-9,11-16,19H,2-3,10,17-18H2,1H3,(H,29,30,31,32). The molecule has 8 heteroatoms. The van der Waals surface area contributed by atoms with Crippen LogP contribution in [0.25, 0.3) is 22.6 Å². The lowest BCUT2D eigenvalue weighted by atomic mass is 10.0. The van der Waals surface area contributed by atoms with Crippen LogP contribution in [0.1, 0.15) is 36.6 Å². The van der Waals surface area contributed by atoms with Crippen molar-refractivity contribution in [3.63, 3.8) is 0 Å². The molecular weight excluding hydrogens is 438 g/mol. The Labute approximate surface area is 203 Å². The SMILES string of the molecule is CCCCc1cn(Cc2ccccc2)c(=O)n1Cc1ccc(-c2cccnc2-c2nnn[nH]2)cc1. The van der Waals surface area contributed by atoms with Crippen LogP contribution in [0.3, 0.4) is 0 Å². The van der Waals surface area contributed by atoms with Crippen molar-refractivity contribution in [3.05, 3.63) is 106 Å². The summed E-state index contributed by atoms with van der Waals surface area (Å²) in [7, 11) is 0. The molecule has 1 N–H and O–H groups in total. The fourth-order valence-corrected chi connectivity index (χ4v) is 4.26. The number of imidazole rings is 1. The fraction of sp³-hybridized carbons (Fsp3) is 0.222. The van der Waals surface area contributed by atoms with E-state index in [4.69, 9.17) is 0 Å². The first kappa shape index (κ1) is 22.5. The quantitative estimate of drug-likeness (QED) is 0.350. The Balaban J connectivity index is 1.42. The van der Waals surface area contributed by atoms with Gasteiger partial charge in [-0.15, -0.1) is 5.10 Å². The number of H-pyrrole nitrogens is 1. The number of aromatic amines is 1. The van der Waals surface area contributed by atoms with Crippen molar-refractivity contribution in [3.8, 4) is 22.6 Å². The van der Waals surface area contributed by atoms with Crippen LogP contribution in [0, 0.1) is 0 Å². The highest BCUT2D eigenvalue weighted by atomic mass is 16.1. The molecule has 0 aliphatic heterocycles. The average molecular weight is 466 g/mol. The molecule has 0 saturated heterocycles. The van der Waals surface area contributed by atoms with Crippen molar-refractivity contribution in [2.24, 2.45) is 0 Å². The third kappa shape index (κ3) is 4.96. The lowest BCUT2D eigenvalue weighted by molar-refractivity contribution is 0.655. The number of aromatic nitrogens is 7. The van der Waals surface area contributed by atoms with Crippen LogP contribution < -0.4 is 5.69 Å². The van der Waals surface area contributed by atoms with Gasteiger partial charge in [-0.1, -0.05) is 74.0 Å². The van der Waals surface area contributed by atoms with E-state index >= 15 is 0 Å². The number of hydrogen-bond donors (Lipinski definition) is 1. The van der Waals surface area contributed by atoms with E-state index in [0.717, 1.165) is 47.2 Å². The van der Waals surface area contributed by atoms with Crippen LogP contribution >= 0.6 is 0 Å². The zero-order valence-corrected chi connectivity index (χ0v) is 19.6. The molecule has 5 aromatic rings. The van der Waals surface area contributed by atoms with Crippen LogP contribution in [-0.4, -0.2) is 34.7 Å². The summed E-state index contributed by atoms with van der Waals surface area (Å²) < 4.78 is 3.73. The summed E-state index contributed by atoms with van der Waals surface area (Å²) in [6.07, 6.45) is 6.76. The molecule has 0 spiro atoms. The molecule has 35 heavy (non-hydrogen) atoms. The first-order valence-corrected chi connectivity index (χ1v) is 11.8. The molecule has 3 aromatic heterocycles. The lowest BCUT2D eigenvalue weighted by Crippen LogP contribution is -2.26. The fourth-order valence-electron chi connectivity index (χ4n) is 4.26. The summed E-state index contributed by atoms with van der Waals surface area (Å²) in [5.74, 6) is 0.525. The van der Waals surface area contributed by atoms with Crippen LogP contribution in [0.5, 0.6) is 0 Å². The van der Waals surface area contributed by atoms with Gasteiger partial charge in [-0.25, -0.2) is 9.89 Å². The maximum atomic E-state index is 13.3. The second kappa shape index (κ2) is 10.3. The highest BCUT2D eigenvalue weighted by Gasteiger charge is 2.14. The molecule has 0 atom stereocenters. The molecule has 0 fully saturated rings. The van der Waals surface area contributed by atoms with E-state index in [0.29, 0.717) is 24.6 Å². The van der Waals surface area contributed by atoms with E-state index in [1.165, 1.54) is 0 Å². The minimum Gasteiger partial charge on any atom is -0.295 e. The van der Waals surface area contributed by atoms with Gasteiger partial charge < -0.3 is 0 Å². The zero-order chi connectivity index (χ0) is 24.0. The van der Waals surface area contributed by atoms with Crippen molar-refractivity contribution >= 4 is 0 Å². The number of benzene rings is 2. The Kier molecular flexibility index (Phi) is 6.61. The molecular formula is C27H27N7O. The summed E-state index contributed by atoms with van der Waals surface area (Å²) in [6.45, 7) is 3.28. The van der Waals surface area contributed by atoms with Crippen molar-refractivity contribution in [1.29, 1.82) is 0 Å². The summed E-state index contributed by atoms with van der Waals surface area (Å²) in [5.41, 5.74) is 5.92. The van der Waals surface area contributed by atoms with Crippen LogP contribution in [0.2, 0.25) is 0 Å². The number of nitrogens with one attached hydrogen (secondary N) is 1. The normalized spacial score (nSPS) is 11.1. The van der Waals surface area contributed by atoms with E-state index in [2.05, 4.69) is 68.9 Å². The molecule has 8 nitrogen and oxygen atoms in total. The number of unbranched alkanes of at least 4 members (excludes halogenated alkanes) is 1. The number of rotatable bonds is 9. The van der Waals surface area contributed by atoms with E-state index in [1.54, 1.807) is 6.20 Å². The molecule has 3 heterocycles. The predicted octanol–water partition coefficient (Wildman–Crippen LogP) is 4.33. The largest absolute Gasteiger partial charge is 0.328 e. The molecule has 0 aliphatic rings. The van der Waals surface area contributed by atoms with Gasteiger partial charge in [0.25, 0.3) is 0 Å². The van der Waals surface area contributed by atoms with Crippen LogP contribution in [-0.2, 0) is 19.5 Å². The maximum absolute atomic E-state index is 13.3. The smallest absolute Gasteiger partial charge is 0.295 e. The van der Waals surface area contributed by atoms with Gasteiger partial charge >= 0.3 is 5.69 Å². The Morgan fingerprint density at radius 3 is 2.46 bits per heavy atom. The lowest BCUT2D eigenvalue weighted by Gasteiger charge is -2.10. The highest BCUT2D eigenvalue weighted by molar-refractivity contribution is 5.77. The molecule has 0 amide bonds. The minimum atomic E-state index is 0.0244. The predicted molar refractivity (Wildman–Crippen MR) is 135 cm³/mol. The average Bonchev–Trinajstić information content (AvgIpc) is 3.54. The molecule has 5 rings (SSSR count). The molecule has 0 unspecified atom stereocenters. The molecule has 0 radical (unpaired) electrons. The van der Waals surface area contributed by atoms with Gasteiger partial charge in [-0.05, 0) is 46.0 Å². The van der Waals surface area contributed by atoms with E-state index < -0.39 is 0 Å². The molecule has 0 bridgehead atoms. The van der Waals surface area contributed by atoms with Gasteiger partial charge in [-0.2, -0.15) is 0 Å². The summed E-state index contributed by atoms with van der Waals surface area (Å²) >= 11 is 0. The number of nitrogens with zero attached hydrogens (tertiary/aromatic N) is 6. The summed E-state index contributed by atoms with van der Waals surface area (Å²) in [4.78, 5) is 17.8.